The standard InChI is InChI=1S/C17H23BrN2O/c18-15-8-2-1-7-14(15)17(21)19-12-13-6-5-11-20-10-4-3-9-16(13)20/h1-2,7-8,13,16H,3-6,9-12H2,(H,19,21). The lowest BCUT2D eigenvalue weighted by Gasteiger charge is -2.44. The fourth-order valence-corrected chi connectivity index (χ4v) is 4.24. The summed E-state index contributed by atoms with van der Waals surface area (Å²) in [6.07, 6.45) is 6.50. The minimum Gasteiger partial charge on any atom is -0.352 e. The number of nitrogens with zero attached hydrogens (tertiary/aromatic N) is 1. The number of nitrogens with one attached hydrogen (secondary N) is 1. The summed E-state index contributed by atoms with van der Waals surface area (Å²) in [5.41, 5.74) is 0.730. The van der Waals surface area contributed by atoms with E-state index in [4.69, 9.17) is 0 Å². The third kappa shape index (κ3) is 3.49. The van der Waals surface area contributed by atoms with Crippen molar-refractivity contribution in [1.82, 2.24) is 10.2 Å². The van der Waals surface area contributed by atoms with E-state index in [1.54, 1.807) is 0 Å². The molecule has 2 heterocycles. The first-order valence-corrected chi connectivity index (χ1v) is 8.82. The number of piperidine rings is 2. The lowest BCUT2D eigenvalue weighted by molar-refractivity contribution is 0.0575. The van der Waals surface area contributed by atoms with Crippen molar-refractivity contribution in [2.75, 3.05) is 19.6 Å². The van der Waals surface area contributed by atoms with E-state index in [0.717, 1.165) is 16.6 Å². The minimum absolute atomic E-state index is 0.0374. The Bertz CT molecular complexity index is 503. The number of halogens is 1. The third-order valence-corrected chi connectivity index (χ3v) is 5.56. The number of carbonyl (C=O) groups excluding carboxylic acids is 1. The molecule has 2 saturated heterocycles. The molecule has 1 amide bonds. The second-order valence-corrected chi connectivity index (χ2v) is 7.05. The monoisotopic (exact) mass is 350 g/mol. The molecule has 0 spiro atoms. The van der Waals surface area contributed by atoms with Crippen molar-refractivity contribution >= 4 is 21.8 Å². The zero-order valence-electron chi connectivity index (χ0n) is 12.4. The summed E-state index contributed by atoms with van der Waals surface area (Å²) in [5.74, 6) is 0.654. The Morgan fingerprint density at radius 2 is 2.00 bits per heavy atom. The molecular formula is C17H23BrN2O. The van der Waals surface area contributed by atoms with Gasteiger partial charge in [-0.25, -0.2) is 0 Å². The summed E-state index contributed by atoms with van der Waals surface area (Å²) in [6.45, 7) is 3.31. The number of amides is 1. The quantitative estimate of drug-likeness (QED) is 0.905. The first-order chi connectivity index (χ1) is 10.3. The van der Waals surface area contributed by atoms with Gasteiger partial charge in [-0.3, -0.25) is 4.79 Å². The molecule has 2 fully saturated rings. The number of hydrogen-bond acceptors (Lipinski definition) is 2. The molecule has 0 aromatic heterocycles. The van der Waals surface area contributed by atoms with Gasteiger partial charge in [-0.15, -0.1) is 0 Å². The van der Waals surface area contributed by atoms with Crippen LogP contribution in [0, 0.1) is 5.92 Å². The van der Waals surface area contributed by atoms with Gasteiger partial charge in [-0.2, -0.15) is 0 Å². The maximum atomic E-state index is 12.3. The first kappa shape index (κ1) is 15.0. The fraction of sp³-hybridized carbons (Fsp3) is 0.588. The van der Waals surface area contributed by atoms with Crippen molar-refractivity contribution in [2.24, 2.45) is 5.92 Å². The Labute approximate surface area is 135 Å². The SMILES string of the molecule is O=C(NCC1CCCN2CCCCC12)c1ccccc1Br. The van der Waals surface area contributed by atoms with Crippen molar-refractivity contribution in [2.45, 2.75) is 38.1 Å². The van der Waals surface area contributed by atoms with Gasteiger partial charge in [0.05, 0.1) is 5.56 Å². The van der Waals surface area contributed by atoms with Crippen LogP contribution in [0.25, 0.3) is 0 Å². The van der Waals surface area contributed by atoms with E-state index >= 15 is 0 Å². The lowest BCUT2D eigenvalue weighted by atomic mass is 9.83. The van der Waals surface area contributed by atoms with Crippen LogP contribution < -0.4 is 5.32 Å². The van der Waals surface area contributed by atoms with Gasteiger partial charge in [-0.1, -0.05) is 18.6 Å². The lowest BCUT2D eigenvalue weighted by Crippen LogP contribution is -2.51. The molecule has 21 heavy (non-hydrogen) atoms. The fourth-order valence-electron chi connectivity index (χ4n) is 3.78. The van der Waals surface area contributed by atoms with Gasteiger partial charge < -0.3 is 10.2 Å². The van der Waals surface area contributed by atoms with Crippen LogP contribution in [0.15, 0.2) is 28.7 Å². The normalized spacial score (nSPS) is 26.1. The Morgan fingerprint density at radius 3 is 2.86 bits per heavy atom. The summed E-state index contributed by atoms with van der Waals surface area (Å²) in [7, 11) is 0. The Hall–Kier alpha value is -0.870. The van der Waals surface area contributed by atoms with Crippen LogP contribution >= 0.6 is 15.9 Å². The molecule has 0 saturated carbocycles. The molecule has 1 N–H and O–H groups in total. The molecule has 2 atom stereocenters. The number of carbonyl (C=O) groups is 1. The molecule has 0 bridgehead atoms. The molecule has 114 valence electrons. The van der Waals surface area contributed by atoms with Crippen molar-refractivity contribution < 1.29 is 4.79 Å². The smallest absolute Gasteiger partial charge is 0.252 e. The van der Waals surface area contributed by atoms with Gasteiger partial charge in [0.25, 0.3) is 5.91 Å². The number of rotatable bonds is 3. The Kier molecular flexibility index (Phi) is 4.96. The third-order valence-electron chi connectivity index (χ3n) is 4.87. The van der Waals surface area contributed by atoms with E-state index in [2.05, 4.69) is 26.1 Å². The highest BCUT2D eigenvalue weighted by atomic mass is 79.9. The Balaban J connectivity index is 1.59. The van der Waals surface area contributed by atoms with E-state index in [0.29, 0.717) is 12.0 Å². The second kappa shape index (κ2) is 6.93. The van der Waals surface area contributed by atoms with Crippen LogP contribution in [0.4, 0.5) is 0 Å². The van der Waals surface area contributed by atoms with Crippen LogP contribution in [0.1, 0.15) is 42.5 Å². The highest BCUT2D eigenvalue weighted by molar-refractivity contribution is 9.10. The van der Waals surface area contributed by atoms with Crippen LogP contribution in [-0.2, 0) is 0 Å². The summed E-state index contributed by atoms with van der Waals surface area (Å²) in [5, 5.41) is 3.15. The van der Waals surface area contributed by atoms with Gasteiger partial charge in [0.15, 0.2) is 0 Å². The van der Waals surface area contributed by atoms with Crippen molar-refractivity contribution in [1.29, 1.82) is 0 Å². The highest BCUT2D eigenvalue weighted by Crippen LogP contribution is 2.30. The highest BCUT2D eigenvalue weighted by Gasteiger charge is 2.32. The van der Waals surface area contributed by atoms with Gasteiger partial charge in [0.1, 0.15) is 0 Å². The molecule has 1 aromatic rings. The van der Waals surface area contributed by atoms with Crippen molar-refractivity contribution in [3.63, 3.8) is 0 Å². The van der Waals surface area contributed by atoms with E-state index in [1.807, 2.05) is 24.3 Å². The average molecular weight is 351 g/mol. The Morgan fingerprint density at radius 1 is 1.19 bits per heavy atom. The zero-order valence-corrected chi connectivity index (χ0v) is 13.9. The summed E-state index contributed by atoms with van der Waals surface area (Å²) < 4.78 is 0.866. The van der Waals surface area contributed by atoms with Crippen molar-refractivity contribution in [3.8, 4) is 0 Å². The van der Waals surface area contributed by atoms with Gasteiger partial charge in [0, 0.05) is 17.1 Å². The number of fused-ring (bicyclic) bond motifs is 1. The number of hydrogen-bond donors (Lipinski definition) is 1. The molecule has 2 unspecified atom stereocenters. The minimum atomic E-state index is 0.0374. The molecule has 0 radical (unpaired) electrons. The van der Waals surface area contributed by atoms with E-state index in [-0.39, 0.29) is 5.91 Å². The maximum Gasteiger partial charge on any atom is 0.252 e. The van der Waals surface area contributed by atoms with Crippen LogP contribution in [-0.4, -0.2) is 36.5 Å². The number of benzene rings is 1. The molecule has 2 aliphatic heterocycles. The van der Waals surface area contributed by atoms with E-state index in [9.17, 15) is 4.79 Å². The molecule has 3 rings (SSSR count). The van der Waals surface area contributed by atoms with Gasteiger partial charge >= 0.3 is 0 Å². The maximum absolute atomic E-state index is 12.3. The van der Waals surface area contributed by atoms with Gasteiger partial charge in [0.2, 0.25) is 0 Å². The van der Waals surface area contributed by atoms with Crippen LogP contribution in [0.2, 0.25) is 0 Å². The predicted octanol–water partition coefficient (Wildman–Crippen LogP) is 3.44. The molecular weight excluding hydrogens is 328 g/mol. The van der Waals surface area contributed by atoms with Gasteiger partial charge in [-0.05, 0) is 72.8 Å². The zero-order chi connectivity index (χ0) is 14.7. The molecule has 2 aliphatic rings. The molecule has 0 aliphatic carbocycles. The average Bonchev–Trinajstić information content (AvgIpc) is 2.53. The van der Waals surface area contributed by atoms with Crippen LogP contribution in [0.3, 0.4) is 0 Å². The summed E-state index contributed by atoms with van der Waals surface area (Å²) >= 11 is 3.45. The second-order valence-electron chi connectivity index (χ2n) is 6.19. The summed E-state index contributed by atoms with van der Waals surface area (Å²) in [4.78, 5) is 15.0. The molecule has 3 nitrogen and oxygen atoms in total. The molecule has 1 aromatic carbocycles. The van der Waals surface area contributed by atoms with E-state index < -0.39 is 0 Å². The van der Waals surface area contributed by atoms with Crippen molar-refractivity contribution in [3.05, 3.63) is 34.3 Å². The first-order valence-electron chi connectivity index (χ1n) is 8.02. The molecule has 4 heteroatoms. The largest absolute Gasteiger partial charge is 0.352 e. The predicted molar refractivity (Wildman–Crippen MR) is 88.4 cm³/mol. The topological polar surface area (TPSA) is 32.3 Å². The van der Waals surface area contributed by atoms with Crippen LogP contribution in [0.5, 0.6) is 0 Å². The van der Waals surface area contributed by atoms with E-state index in [1.165, 1.54) is 45.2 Å². The summed E-state index contributed by atoms with van der Waals surface area (Å²) in [6, 6.07) is 8.31.